The Bertz CT molecular complexity index is 1170. The maximum Gasteiger partial charge on any atom is 0.251 e. The van der Waals surface area contributed by atoms with Crippen molar-refractivity contribution in [2.45, 2.75) is 20.0 Å². The number of benzene rings is 2. The smallest absolute Gasteiger partial charge is 0.251 e. The number of amides is 1. The molecule has 0 spiro atoms. The average Bonchev–Trinajstić information content (AvgIpc) is 3.22. The molecule has 31 heavy (non-hydrogen) atoms. The number of carbonyl (C=O) groups is 1. The topological polar surface area (TPSA) is 73.3 Å². The molecule has 4 aromatic rings. The first-order valence-corrected chi connectivity index (χ1v) is 11.0. The van der Waals surface area contributed by atoms with Crippen LogP contribution in [0.3, 0.4) is 0 Å². The molecule has 0 aliphatic carbocycles. The highest BCUT2D eigenvalue weighted by atomic mass is 32.1. The van der Waals surface area contributed by atoms with Crippen LogP contribution in [0, 0.1) is 6.92 Å². The molecule has 1 N–H and O–H groups in total. The molecule has 2 aromatic heterocycles. The molecule has 2 aromatic carbocycles. The van der Waals surface area contributed by atoms with Crippen LogP contribution in [-0.4, -0.2) is 29.0 Å². The van der Waals surface area contributed by atoms with Crippen molar-refractivity contribution < 1.29 is 14.3 Å². The van der Waals surface area contributed by atoms with Gasteiger partial charge < -0.3 is 14.8 Å². The largest absolute Gasteiger partial charge is 0.491 e. The lowest BCUT2D eigenvalue weighted by Crippen LogP contribution is -2.25. The van der Waals surface area contributed by atoms with E-state index in [-0.39, 0.29) is 5.91 Å². The van der Waals surface area contributed by atoms with Crippen molar-refractivity contribution in [2.24, 2.45) is 0 Å². The fourth-order valence-corrected chi connectivity index (χ4v) is 3.71. The minimum atomic E-state index is -0.137. The molecule has 0 bridgehead atoms. The molecule has 1 amide bonds. The van der Waals surface area contributed by atoms with Gasteiger partial charge in [-0.2, -0.15) is 0 Å². The van der Waals surface area contributed by atoms with Gasteiger partial charge in [0.05, 0.1) is 17.3 Å². The molecule has 158 valence electrons. The number of thiazole rings is 1. The van der Waals surface area contributed by atoms with Crippen LogP contribution in [0.1, 0.15) is 27.5 Å². The third kappa shape index (κ3) is 5.58. The molecule has 0 saturated carbocycles. The Morgan fingerprint density at radius 2 is 1.97 bits per heavy atom. The normalized spacial score (nSPS) is 10.7. The van der Waals surface area contributed by atoms with Crippen LogP contribution in [0.2, 0.25) is 0 Å². The number of aryl methyl sites for hydroxylation is 1. The van der Waals surface area contributed by atoms with Crippen molar-refractivity contribution in [1.82, 2.24) is 15.3 Å². The lowest BCUT2D eigenvalue weighted by atomic mass is 10.2. The van der Waals surface area contributed by atoms with Gasteiger partial charge in [-0.1, -0.05) is 24.3 Å². The molecule has 4 rings (SSSR count). The minimum Gasteiger partial charge on any atom is -0.491 e. The Balaban J connectivity index is 1.23. The molecule has 0 atom stereocenters. The first-order chi connectivity index (χ1) is 15.2. The van der Waals surface area contributed by atoms with Crippen LogP contribution in [0.15, 0.2) is 66.2 Å². The Morgan fingerprint density at radius 3 is 2.84 bits per heavy atom. The zero-order valence-electron chi connectivity index (χ0n) is 17.2. The molecule has 6 nitrogen and oxygen atoms in total. The fourth-order valence-electron chi connectivity index (χ4n) is 3.11. The van der Waals surface area contributed by atoms with E-state index in [9.17, 15) is 4.79 Å². The van der Waals surface area contributed by atoms with Crippen molar-refractivity contribution in [2.75, 3.05) is 13.2 Å². The molecule has 7 heteroatoms. The monoisotopic (exact) mass is 433 g/mol. The van der Waals surface area contributed by atoms with E-state index >= 15 is 0 Å². The summed E-state index contributed by atoms with van der Waals surface area (Å²) in [5, 5.41) is 6.95. The average molecular weight is 434 g/mol. The number of carbonyl (C=O) groups excluding carboxylic acids is 1. The van der Waals surface area contributed by atoms with Gasteiger partial charge in [-0.3, -0.25) is 9.78 Å². The number of nitrogens with one attached hydrogen (secondary N) is 1. The molecular formula is C24H23N3O3S. The van der Waals surface area contributed by atoms with Crippen molar-refractivity contribution in [3.05, 3.63) is 82.4 Å². The number of hydrogen-bond acceptors (Lipinski definition) is 6. The number of para-hydroxylation sites is 1. The number of rotatable bonds is 9. The second-order valence-corrected chi connectivity index (χ2v) is 8.03. The zero-order valence-corrected chi connectivity index (χ0v) is 18.0. The van der Waals surface area contributed by atoms with Gasteiger partial charge in [-0.05, 0) is 43.7 Å². The molecule has 0 unspecified atom stereocenters. The third-order valence-electron chi connectivity index (χ3n) is 4.61. The molecule has 0 aliphatic rings. The molecular weight excluding hydrogens is 410 g/mol. The second-order valence-electron chi connectivity index (χ2n) is 6.96. The Morgan fingerprint density at radius 1 is 1.10 bits per heavy atom. The Labute approximate surface area is 184 Å². The van der Waals surface area contributed by atoms with E-state index in [4.69, 9.17) is 9.47 Å². The van der Waals surface area contributed by atoms with Gasteiger partial charge in [0.1, 0.15) is 23.6 Å². The molecule has 0 fully saturated rings. The van der Waals surface area contributed by atoms with Gasteiger partial charge >= 0.3 is 0 Å². The molecule has 0 aliphatic heterocycles. The maximum atomic E-state index is 12.5. The van der Waals surface area contributed by atoms with Crippen molar-refractivity contribution in [1.29, 1.82) is 0 Å². The number of fused-ring (bicyclic) bond motifs is 1. The first-order valence-electron chi connectivity index (χ1n) is 10.1. The van der Waals surface area contributed by atoms with Crippen LogP contribution in [0.25, 0.3) is 10.9 Å². The maximum absolute atomic E-state index is 12.5. The van der Waals surface area contributed by atoms with Crippen molar-refractivity contribution in [3.63, 3.8) is 0 Å². The predicted octanol–water partition coefficient (Wildman–Crippen LogP) is 4.78. The Hall–Kier alpha value is -3.45. The highest BCUT2D eigenvalue weighted by Crippen LogP contribution is 2.23. The fraction of sp³-hybridized carbons (Fsp3) is 0.208. The summed E-state index contributed by atoms with van der Waals surface area (Å²) in [6.07, 6.45) is 2.44. The highest BCUT2D eigenvalue weighted by Gasteiger charge is 2.08. The van der Waals surface area contributed by atoms with Gasteiger partial charge in [0.25, 0.3) is 5.91 Å². The van der Waals surface area contributed by atoms with E-state index in [0.29, 0.717) is 37.5 Å². The summed E-state index contributed by atoms with van der Waals surface area (Å²) in [6, 6.07) is 16.9. The minimum absolute atomic E-state index is 0.137. The van der Waals surface area contributed by atoms with Crippen LogP contribution in [-0.2, 0) is 6.61 Å². The number of nitrogens with zero attached hydrogens (tertiary/aromatic N) is 2. The number of pyridine rings is 1. The highest BCUT2D eigenvalue weighted by molar-refractivity contribution is 7.09. The summed E-state index contributed by atoms with van der Waals surface area (Å²) in [5.41, 5.74) is 2.29. The van der Waals surface area contributed by atoms with Crippen molar-refractivity contribution in [3.8, 4) is 11.5 Å². The van der Waals surface area contributed by atoms with Gasteiger partial charge in [-0.15, -0.1) is 11.3 Å². The summed E-state index contributed by atoms with van der Waals surface area (Å²) >= 11 is 1.59. The third-order valence-corrected chi connectivity index (χ3v) is 5.43. The van der Waals surface area contributed by atoms with Crippen LogP contribution in [0.5, 0.6) is 11.5 Å². The van der Waals surface area contributed by atoms with E-state index in [1.807, 2.05) is 54.8 Å². The van der Waals surface area contributed by atoms with E-state index in [1.54, 1.807) is 29.7 Å². The predicted molar refractivity (Wildman–Crippen MR) is 122 cm³/mol. The quantitative estimate of drug-likeness (QED) is 0.385. The second kappa shape index (κ2) is 10.0. The number of hydrogen-bond donors (Lipinski definition) is 1. The standard InChI is InChI=1S/C24H23N3O3S/c1-17-27-20(16-31-17)15-30-21-9-2-7-19(14-21)24(28)26-12-5-13-29-22-10-3-6-18-8-4-11-25-23(18)22/h2-4,6-11,14,16H,5,12-13,15H2,1H3,(H,26,28). The van der Waals surface area contributed by atoms with E-state index in [0.717, 1.165) is 27.4 Å². The molecule has 0 saturated heterocycles. The lowest BCUT2D eigenvalue weighted by Gasteiger charge is -2.10. The van der Waals surface area contributed by atoms with Gasteiger partial charge in [0, 0.05) is 29.1 Å². The summed E-state index contributed by atoms with van der Waals surface area (Å²) in [4.78, 5) is 21.2. The summed E-state index contributed by atoms with van der Waals surface area (Å²) in [6.45, 7) is 3.35. The number of ether oxygens (including phenoxy) is 2. The van der Waals surface area contributed by atoms with E-state index in [2.05, 4.69) is 15.3 Å². The van der Waals surface area contributed by atoms with Crippen LogP contribution in [0.4, 0.5) is 0 Å². The van der Waals surface area contributed by atoms with Crippen LogP contribution >= 0.6 is 11.3 Å². The lowest BCUT2D eigenvalue weighted by molar-refractivity contribution is 0.0951. The van der Waals surface area contributed by atoms with E-state index < -0.39 is 0 Å². The SMILES string of the molecule is Cc1nc(COc2cccc(C(=O)NCCCOc3cccc4cccnc34)c2)cs1. The van der Waals surface area contributed by atoms with Gasteiger partial charge in [-0.25, -0.2) is 4.98 Å². The summed E-state index contributed by atoms with van der Waals surface area (Å²) in [5.74, 6) is 1.26. The first kappa shape index (κ1) is 20.8. The molecule has 0 radical (unpaired) electrons. The Kier molecular flexibility index (Phi) is 6.74. The summed E-state index contributed by atoms with van der Waals surface area (Å²) < 4.78 is 11.6. The number of aromatic nitrogens is 2. The van der Waals surface area contributed by atoms with Crippen LogP contribution < -0.4 is 14.8 Å². The zero-order chi connectivity index (χ0) is 21.5. The van der Waals surface area contributed by atoms with E-state index in [1.165, 1.54) is 0 Å². The van der Waals surface area contributed by atoms with Gasteiger partial charge in [0.15, 0.2) is 0 Å². The molecule has 2 heterocycles. The van der Waals surface area contributed by atoms with Crippen molar-refractivity contribution >= 4 is 28.1 Å². The van der Waals surface area contributed by atoms with Gasteiger partial charge in [0.2, 0.25) is 0 Å². The summed E-state index contributed by atoms with van der Waals surface area (Å²) in [7, 11) is 0.